The second-order valence-electron chi connectivity index (χ2n) is 19.9. The molecule has 51 heavy (non-hydrogen) atoms. The van der Waals surface area contributed by atoms with Gasteiger partial charge in [-0.05, 0) is 171 Å². The van der Waals surface area contributed by atoms with E-state index in [0.717, 1.165) is 51.7 Å². The molecule has 5 nitrogen and oxygen atoms in total. The summed E-state index contributed by atoms with van der Waals surface area (Å²) in [6.07, 6.45) is 20.8. The lowest BCUT2D eigenvalue weighted by molar-refractivity contribution is -0.221. The monoisotopic (exact) mass is 703 g/mol. The Morgan fingerprint density at radius 1 is 0.922 bits per heavy atom. The predicted octanol–water partition coefficient (Wildman–Crippen LogP) is 10.5. The Bertz CT molecular complexity index is 1520. The second kappa shape index (κ2) is 13.0. The molecule has 1 heterocycles. The highest BCUT2D eigenvalue weighted by Gasteiger charge is 2.70. The summed E-state index contributed by atoms with van der Waals surface area (Å²) >= 11 is 0. The van der Waals surface area contributed by atoms with Crippen LogP contribution in [0, 0.1) is 62.6 Å². The fraction of sp³-hybridized carbons (Fsp3) is 0.778. The van der Waals surface area contributed by atoms with Gasteiger partial charge in [-0.3, -0.25) is 9.59 Å². The normalized spacial score (nSPS) is 45.0. The number of halogens is 1. The van der Waals surface area contributed by atoms with Crippen LogP contribution >= 0.6 is 0 Å². The van der Waals surface area contributed by atoms with Crippen LogP contribution in [0.15, 0.2) is 47.9 Å². The van der Waals surface area contributed by atoms with E-state index in [9.17, 15) is 19.1 Å². The van der Waals surface area contributed by atoms with Crippen molar-refractivity contribution in [3.05, 3.63) is 47.9 Å². The van der Waals surface area contributed by atoms with Gasteiger partial charge in [0.2, 0.25) is 5.91 Å². The molecule has 0 aromatic carbocycles. The second-order valence-corrected chi connectivity index (χ2v) is 19.9. The molecule has 6 aliphatic carbocycles. The number of carbonyl (C=O) groups excluding carboxylic acids is 1. The summed E-state index contributed by atoms with van der Waals surface area (Å²) < 4.78 is 18.8. The van der Waals surface area contributed by atoms with E-state index < -0.39 is 11.4 Å². The molecule has 0 radical (unpaired) electrons. The maximum atomic E-state index is 13.8. The molecule has 1 amide bonds. The van der Waals surface area contributed by atoms with Crippen molar-refractivity contribution in [1.29, 1.82) is 0 Å². The molecule has 1 saturated heterocycles. The summed E-state index contributed by atoms with van der Waals surface area (Å²) in [6.45, 7) is 21.2. The Morgan fingerprint density at radius 2 is 1.67 bits per heavy atom. The first-order valence-corrected chi connectivity index (χ1v) is 20.5. The van der Waals surface area contributed by atoms with E-state index >= 15 is 0 Å². The van der Waals surface area contributed by atoms with Gasteiger partial charge in [-0.15, -0.1) is 0 Å². The minimum absolute atomic E-state index is 0.0238. The van der Waals surface area contributed by atoms with Crippen molar-refractivity contribution in [3.63, 3.8) is 0 Å². The molecule has 0 aromatic heterocycles. The Kier molecular flexibility index (Phi) is 9.45. The minimum atomic E-state index is -1.14. The summed E-state index contributed by atoms with van der Waals surface area (Å²) in [5.74, 6) is 2.42. The minimum Gasteiger partial charge on any atom is -0.481 e. The summed E-state index contributed by atoms with van der Waals surface area (Å²) in [5.41, 5.74) is 3.31. The van der Waals surface area contributed by atoms with Gasteiger partial charge in [0.15, 0.2) is 0 Å². The van der Waals surface area contributed by atoms with E-state index in [-0.39, 0.29) is 33.1 Å². The Labute approximate surface area is 307 Å². The highest BCUT2D eigenvalue weighted by Crippen LogP contribution is 2.76. The van der Waals surface area contributed by atoms with Gasteiger partial charge in [-0.25, -0.2) is 4.39 Å². The van der Waals surface area contributed by atoms with E-state index in [1.807, 2.05) is 0 Å². The van der Waals surface area contributed by atoms with Crippen molar-refractivity contribution >= 4 is 11.9 Å². The third-order valence-corrected chi connectivity index (χ3v) is 17.6. The molecule has 2 N–H and O–H groups in total. The van der Waals surface area contributed by atoms with Gasteiger partial charge in [0.25, 0.3) is 0 Å². The molecular weight excluding hydrogens is 637 g/mol. The largest absolute Gasteiger partial charge is 0.481 e. The van der Waals surface area contributed by atoms with E-state index in [0.29, 0.717) is 67.5 Å². The van der Waals surface area contributed by atoms with Crippen LogP contribution in [0.5, 0.6) is 0 Å². The topological polar surface area (TPSA) is 75.6 Å². The lowest BCUT2D eigenvalue weighted by atomic mass is 9.33. The lowest BCUT2D eigenvalue weighted by Crippen LogP contribution is -2.68. The van der Waals surface area contributed by atoms with Gasteiger partial charge in [0, 0.05) is 25.2 Å². The van der Waals surface area contributed by atoms with Crippen molar-refractivity contribution in [2.24, 2.45) is 62.6 Å². The van der Waals surface area contributed by atoms with Crippen molar-refractivity contribution in [2.45, 2.75) is 143 Å². The highest BCUT2D eigenvalue weighted by molar-refractivity contribution is 5.78. The summed E-state index contributed by atoms with van der Waals surface area (Å²) in [5, 5.41) is 13.8. The standard InChI is InChI=1S/C45H66FNO4/c1-29(2)32-12-21-45(47-37(48)28-30-15-26-51-27-16-30)23-22-42(6)34(38(32)45)8-9-36-41(5)17-13-33(40(3,4)35(41)14-18-43(36,42)7)31-10-19-44(20-11-31,24-25-46)39(49)50/h10,13,24-25,30,32,34-36,38H,1,8-9,11-12,14-23,26-28H2,2-7H3,(H,47,48)(H,49,50)/b25-24+/t32-,34+,35?,36?,38?,41-,42+,43+,44-,45-/m0/s1. The van der Waals surface area contributed by atoms with E-state index in [1.165, 1.54) is 54.9 Å². The van der Waals surface area contributed by atoms with E-state index in [2.05, 4.69) is 65.6 Å². The fourth-order valence-electron chi connectivity index (χ4n) is 14.7. The van der Waals surface area contributed by atoms with Gasteiger partial charge in [-0.1, -0.05) is 58.9 Å². The molecule has 0 aromatic rings. The quantitative estimate of drug-likeness (QED) is 0.259. The lowest BCUT2D eigenvalue weighted by Gasteiger charge is -2.72. The maximum absolute atomic E-state index is 13.8. The number of hydrogen-bond donors (Lipinski definition) is 2. The number of ether oxygens (including phenoxy) is 1. The molecule has 7 aliphatic rings. The SMILES string of the molecule is C=C(C)[C@@H]1CC[C@]2(NC(=O)CC3CCOCC3)CC[C@]3(C)[C@H](CCC4[C@@]5(C)CC=C(C6=CC[C@](/C=C/F)(C(=O)O)CC6)C(C)(C)C5CC[C@]43C)C12. The molecule has 0 bridgehead atoms. The van der Waals surface area contributed by atoms with Crippen molar-refractivity contribution in [3.8, 4) is 0 Å². The van der Waals surface area contributed by atoms with Crippen LogP contribution in [0.3, 0.4) is 0 Å². The molecule has 7 rings (SSSR count). The molecule has 1 aliphatic heterocycles. The van der Waals surface area contributed by atoms with Gasteiger partial charge >= 0.3 is 5.97 Å². The zero-order valence-corrected chi connectivity index (χ0v) is 32.6. The summed E-state index contributed by atoms with van der Waals surface area (Å²) in [7, 11) is 0. The molecule has 0 spiro atoms. The third kappa shape index (κ3) is 5.60. The number of amides is 1. The van der Waals surface area contributed by atoms with E-state index in [1.54, 1.807) is 0 Å². The maximum Gasteiger partial charge on any atom is 0.313 e. The van der Waals surface area contributed by atoms with Crippen LogP contribution < -0.4 is 5.32 Å². The van der Waals surface area contributed by atoms with Crippen LogP contribution in [-0.2, 0) is 14.3 Å². The van der Waals surface area contributed by atoms with Crippen molar-refractivity contribution in [2.75, 3.05) is 13.2 Å². The number of allylic oxidation sites excluding steroid dienone is 5. The highest BCUT2D eigenvalue weighted by atomic mass is 19.1. The summed E-state index contributed by atoms with van der Waals surface area (Å²) in [4.78, 5) is 25.9. The Hall–Kier alpha value is -2.21. The van der Waals surface area contributed by atoms with Gasteiger partial charge in [0.1, 0.15) is 0 Å². The number of hydrogen-bond acceptors (Lipinski definition) is 3. The smallest absolute Gasteiger partial charge is 0.313 e. The first kappa shape index (κ1) is 37.1. The molecule has 3 unspecified atom stereocenters. The predicted molar refractivity (Wildman–Crippen MR) is 201 cm³/mol. The number of carboxylic acid groups (broad SMARTS) is 1. The van der Waals surface area contributed by atoms with Crippen LogP contribution in [0.1, 0.15) is 138 Å². The Morgan fingerprint density at radius 3 is 2.31 bits per heavy atom. The number of aliphatic carboxylic acids is 1. The summed E-state index contributed by atoms with van der Waals surface area (Å²) in [6, 6.07) is 0. The first-order valence-electron chi connectivity index (χ1n) is 20.5. The molecule has 5 fully saturated rings. The zero-order valence-electron chi connectivity index (χ0n) is 32.6. The van der Waals surface area contributed by atoms with Gasteiger partial charge in [0.05, 0.1) is 11.7 Å². The Balaban J connectivity index is 1.16. The van der Waals surface area contributed by atoms with Gasteiger partial charge < -0.3 is 15.2 Å². The number of carbonyl (C=O) groups is 2. The molecule has 282 valence electrons. The molecular formula is C45H66FNO4. The van der Waals surface area contributed by atoms with Crippen molar-refractivity contribution < 1.29 is 23.8 Å². The average molecular weight is 704 g/mol. The average Bonchev–Trinajstić information content (AvgIpc) is 3.45. The molecule has 10 atom stereocenters. The third-order valence-electron chi connectivity index (χ3n) is 17.6. The number of nitrogens with one attached hydrogen (secondary N) is 1. The number of fused-ring (bicyclic) bond motifs is 7. The molecule has 4 saturated carbocycles. The van der Waals surface area contributed by atoms with E-state index in [4.69, 9.17) is 4.74 Å². The first-order chi connectivity index (χ1) is 24.1. The van der Waals surface area contributed by atoms with Crippen molar-refractivity contribution in [1.82, 2.24) is 5.32 Å². The number of rotatable bonds is 7. The van der Waals surface area contributed by atoms with Gasteiger partial charge in [-0.2, -0.15) is 0 Å². The van der Waals surface area contributed by atoms with Crippen LogP contribution in [0.2, 0.25) is 0 Å². The van der Waals surface area contributed by atoms with Crippen LogP contribution in [-0.4, -0.2) is 35.7 Å². The zero-order chi connectivity index (χ0) is 36.6. The molecule has 6 heteroatoms. The van der Waals surface area contributed by atoms with Crippen LogP contribution in [0.25, 0.3) is 0 Å². The van der Waals surface area contributed by atoms with Crippen LogP contribution in [0.4, 0.5) is 4.39 Å². The number of carboxylic acids is 1. The fourth-order valence-corrected chi connectivity index (χ4v) is 14.7.